The number of carboxylic acid groups (broad SMARTS) is 1. The lowest BCUT2D eigenvalue weighted by molar-refractivity contribution is -0.131. The van der Waals surface area contributed by atoms with Gasteiger partial charge in [0.2, 0.25) is 0 Å². The van der Waals surface area contributed by atoms with Crippen molar-refractivity contribution in [2.45, 2.75) is 48.5 Å². The predicted octanol–water partition coefficient (Wildman–Crippen LogP) is 5.78. The quantitative estimate of drug-likeness (QED) is 0.551. The Morgan fingerprint density at radius 1 is 0.792 bits per heavy atom. The van der Waals surface area contributed by atoms with Crippen molar-refractivity contribution in [2.24, 2.45) is 0 Å². The van der Waals surface area contributed by atoms with Crippen LogP contribution in [0.3, 0.4) is 0 Å². The average Bonchev–Trinajstić information content (AvgIpc) is 2.50. The third-order valence-corrected chi connectivity index (χ3v) is 4.64. The van der Waals surface area contributed by atoms with Crippen LogP contribution in [-0.2, 0) is 4.79 Å². The Hall–Kier alpha value is -2.35. The van der Waals surface area contributed by atoms with Gasteiger partial charge in [-0.1, -0.05) is 36.0 Å². The topological polar surface area (TPSA) is 37.3 Å². The van der Waals surface area contributed by atoms with Crippen molar-refractivity contribution >= 4 is 12.0 Å². The summed E-state index contributed by atoms with van der Waals surface area (Å²) in [6.45, 7) is 14.7. The SMILES string of the molecule is CC(/C=C/c1c(C)c(C)c(C)c(C)c1C)=C\C=C\C(C)=C\C(=O)O. The largest absolute Gasteiger partial charge is 0.478 e. The number of carbonyl (C=O) groups is 1. The lowest BCUT2D eigenvalue weighted by Crippen LogP contribution is -1.99. The third kappa shape index (κ3) is 5.09. The molecule has 0 aliphatic carbocycles. The van der Waals surface area contributed by atoms with Gasteiger partial charge in [0.1, 0.15) is 0 Å². The highest BCUT2D eigenvalue weighted by atomic mass is 16.4. The molecule has 0 aliphatic heterocycles. The second-order valence-electron chi connectivity index (χ2n) is 6.37. The molecule has 2 heteroatoms. The Morgan fingerprint density at radius 2 is 1.29 bits per heavy atom. The normalized spacial score (nSPS) is 13.3. The zero-order valence-electron chi connectivity index (χ0n) is 15.8. The Kier molecular flexibility index (Phi) is 6.97. The summed E-state index contributed by atoms with van der Waals surface area (Å²) in [7, 11) is 0. The van der Waals surface area contributed by atoms with Crippen molar-refractivity contribution in [1.29, 1.82) is 0 Å². The number of rotatable bonds is 5. The van der Waals surface area contributed by atoms with E-state index in [1.165, 1.54) is 39.5 Å². The first-order chi connectivity index (χ1) is 11.1. The molecule has 0 aromatic heterocycles. The Morgan fingerprint density at radius 3 is 1.79 bits per heavy atom. The van der Waals surface area contributed by atoms with E-state index in [1.54, 1.807) is 13.0 Å². The third-order valence-electron chi connectivity index (χ3n) is 4.64. The second-order valence-corrected chi connectivity index (χ2v) is 6.37. The first-order valence-electron chi connectivity index (χ1n) is 8.16. The van der Waals surface area contributed by atoms with E-state index >= 15 is 0 Å². The zero-order chi connectivity index (χ0) is 18.4. The van der Waals surface area contributed by atoms with E-state index < -0.39 is 5.97 Å². The zero-order valence-corrected chi connectivity index (χ0v) is 15.8. The fourth-order valence-electron chi connectivity index (χ4n) is 2.64. The van der Waals surface area contributed by atoms with E-state index in [0.717, 1.165) is 5.57 Å². The van der Waals surface area contributed by atoms with Crippen LogP contribution < -0.4 is 0 Å². The molecular weight excluding hydrogens is 296 g/mol. The molecule has 1 aromatic carbocycles. The van der Waals surface area contributed by atoms with Crippen LogP contribution in [-0.4, -0.2) is 11.1 Å². The molecule has 0 atom stereocenters. The molecule has 0 radical (unpaired) electrons. The fraction of sp³-hybridized carbons (Fsp3) is 0.318. The van der Waals surface area contributed by atoms with Crippen molar-refractivity contribution in [3.63, 3.8) is 0 Å². The molecule has 1 N–H and O–H groups in total. The van der Waals surface area contributed by atoms with Crippen molar-refractivity contribution in [3.8, 4) is 0 Å². The fourth-order valence-corrected chi connectivity index (χ4v) is 2.64. The van der Waals surface area contributed by atoms with Gasteiger partial charge in [-0.15, -0.1) is 0 Å². The molecule has 0 saturated heterocycles. The average molecular weight is 324 g/mol. The number of benzene rings is 1. The van der Waals surface area contributed by atoms with Gasteiger partial charge in [-0.05, 0) is 87.4 Å². The lowest BCUT2D eigenvalue weighted by Gasteiger charge is -2.16. The van der Waals surface area contributed by atoms with Gasteiger partial charge in [0, 0.05) is 6.08 Å². The van der Waals surface area contributed by atoms with Crippen LogP contribution in [0.15, 0.2) is 41.5 Å². The number of aliphatic carboxylic acids is 1. The minimum atomic E-state index is -0.922. The van der Waals surface area contributed by atoms with Crippen LogP contribution in [0.4, 0.5) is 0 Å². The summed E-state index contributed by atoms with van der Waals surface area (Å²) in [6, 6.07) is 0. The standard InChI is InChI=1S/C22H28O2/c1-14(9-8-10-15(2)13-22(23)24)11-12-21-19(6)17(4)16(3)18(5)20(21)7/h8-13H,1-7H3,(H,23,24)/b10-8+,12-11+,14-9+,15-13+. The molecule has 0 heterocycles. The van der Waals surface area contributed by atoms with Crippen molar-refractivity contribution < 1.29 is 9.90 Å². The Labute approximate surface area is 145 Å². The summed E-state index contributed by atoms with van der Waals surface area (Å²) in [5, 5.41) is 8.68. The van der Waals surface area contributed by atoms with Gasteiger partial charge in [0.15, 0.2) is 0 Å². The van der Waals surface area contributed by atoms with Crippen LogP contribution in [0.5, 0.6) is 0 Å². The van der Waals surface area contributed by atoms with Crippen molar-refractivity contribution in [3.05, 3.63) is 74.9 Å². The van der Waals surface area contributed by atoms with E-state index in [0.29, 0.717) is 5.57 Å². The first-order valence-corrected chi connectivity index (χ1v) is 8.16. The van der Waals surface area contributed by atoms with Crippen LogP contribution in [0.1, 0.15) is 47.2 Å². The minimum absolute atomic E-state index is 0.715. The summed E-state index contributed by atoms with van der Waals surface area (Å²) >= 11 is 0. The van der Waals surface area contributed by atoms with E-state index in [9.17, 15) is 4.79 Å². The van der Waals surface area contributed by atoms with Crippen LogP contribution in [0.25, 0.3) is 6.08 Å². The number of hydrogen-bond donors (Lipinski definition) is 1. The monoisotopic (exact) mass is 324 g/mol. The molecule has 128 valence electrons. The summed E-state index contributed by atoms with van der Waals surface area (Å²) in [6.07, 6.45) is 11.1. The lowest BCUT2D eigenvalue weighted by atomic mass is 9.89. The molecule has 0 saturated carbocycles. The minimum Gasteiger partial charge on any atom is -0.478 e. The molecule has 1 aromatic rings. The van der Waals surface area contributed by atoms with Crippen molar-refractivity contribution in [1.82, 2.24) is 0 Å². The van der Waals surface area contributed by atoms with E-state index in [2.05, 4.69) is 46.8 Å². The summed E-state index contributed by atoms with van der Waals surface area (Å²) in [5.41, 5.74) is 9.86. The van der Waals surface area contributed by atoms with Gasteiger partial charge in [-0.25, -0.2) is 4.79 Å². The Balaban J connectivity index is 3.04. The number of hydrogen-bond acceptors (Lipinski definition) is 1. The van der Waals surface area contributed by atoms with Crippen molar-refractivity contribution in [2.75, 3.05) is 0 Å². The maximum absolute atomic E-state index is 10.6. The maximum Gasteiger partial charge on any atom is 0.328 e. The molecule has 0 aliphatic rings. The van der Waals surface area contributed by atoms with E-state index in [-0.39, 0.29) is 0 Å². The number of allylic oxidation sites excluding steroid dienone is 6. The molecule has 0 bridgehead atoms. The molecule has 0 unspecified atom stereocenters. The first kappa shape index (κ1) is 19.7. The Bertz CT molecular complexity index is 728. The van der Waals surface area contributed by atoms with Gasteiger partial charge >= 0.3 is 5.97 Å². The summed E-state index contributed by atoms with van der Waals surface area (Å²) in [5.74, 6) is -0.922. The molecular formula is C22H28O2. The van der Waals surface area contributed by atoms with E-state index in [1.807, 2.05) is 19.1 Å². The summed E-state index contributed by atoms with van der Waals surface area (Å²) < 4.78 is 0. The smallest absolute Gasteiger partial charge is 0.328 e. The van der Waals surface area contributed by atoms with Gasteiger partial charge in [0.05, 0.1) is 0 Å². The van der Waals surface area contributed by atoms with Gasteiger partial charge in [-0.2, -0.15) is 0 Å². The second kappa shape index (κ2) is 8.49. The molecule has 0 fully saturated rings. The van der Waals surface area contributed by atoms with Gasteiger partial charge in [0.25, 0.3) is 0 Å². The molecule has 1 rings (SSSR count). The van der Waals surface area contributed by atoms with Gasteiger partial charge in [-0.3, -0.25) is 0 Å². The molecule has 24 heavy (non-hydrogen) atoms. The highest BCUT2D eigenvalue weighted by molar-refractivity contribution is 5.81. The summed E-state index contributed by atoms with van der Waals surface area (Å²) in [4.78, 5) is 10.6. The highest BCUT2D eigenvalue weighted by Gasteiger charge is 2.09. The number of carboxylic acids is 1. The highest BCUT2D eigenvalue weighted by Crippen LogP contribution is 2.27. The van der Waals surface area contributed by atoms with Crippen LogP contribution >= 0.6 is 0 Å². The molecule has 0 spiro atoms. The van der Waals surface area contributed by atoms with Crippen LogP contribution in [0.2, 0.25) is 0 Å². The van der Waals surface area contributed by atoms with Crippen LogP contribution in [0, 0.1) is 34.6 Å². The van der Waals surface area contributed by atoms with E-state index in [4.69, 9.17) is 5.11 Å². The molecule has 0 amide bonds. The maximum atomic E-state index is 10.6. The molecule has 2 nitrogen and oxygen atoms in total. The van der Waals surface area contributed by atoms with Gasteiger partial charge < -0.3 is 5.11 Å². The predicted molar refractivity (Wildman–Crippen MR) is 103 cm³/mol.